The quantitative estimate of drug-likeness (QED) is 0.817. The number of rotatable bonds is 2. The highest BCUT2D eigenvalue weighted by atomic mass is 35.5. The van der Waals surface area contributed by atoms with Gasteiger partial charge in [-0.3, -0.25) is 0 Å². The minimum atomic E-state index is -0.553. The van der Waals surface area contributed by atoms with Crippen LogP contribution in [0.15, 0.2) is 18.2 Å². The van der Waals surface area contributed by atoms with Crippen LogP contribution in [0.1, 0.15) is 38.0 Å². The summed E-state index contributed by atoms with van der Waals surface area (Å²) in [6.07, 6.45) is -0.553. The molecule has 84 valence electrons. The number of hydrogen-bond donors (Lipinski definition) is 2. The first-order valence-electron chi connectivity index (χ1n) is 4.93. The maximum absolute atomic E-state index is 10.0. The molecule has 0 aromatic heterocycles. The minimum Gasteiger partial charge on any atom is -0.392 e. The zero-order valence-corrected chi connectivity index (χ0v) is 10.0. The summed E-state index contributed by atoms with van der Waals surface area (Å²) in [4.78, 5) is 0. The van der Waals surface area contributed by atoms with E-state index in [2.05, 4.69) is 0 Å². The van der Waals surface area contributed by atoms with Crippen LogP contribution in [0.2, 0.25) is 5.02 Å². The molecule has 15 heavy (non-hydrogen) atoms. The Morgan fingerprint density at radius 2 is 1.93 bits per heavy atom. The van der Waals surface area contributed by atoms with Crippen molar-refractivity contribution in [2.24, 2.45) is 5.41 Å². The molecule has 0 spiro atoms. The fourth-order valence-corrected chi connectivity index (χ4v) is 1.61. The lowest BCUT2D eigenvalue weighted by atomic mass is 9.84. The zero-order valence-electron chi connectivity index (χ0n) is 9.29. The third kappa shape index (κ3) is 2.94. The van der Waals surface area contributed by atoms with Gasteiger partial charge in [0.25, 0.3) is 0 Å². The third-order valence-electron chi connectivity index (χ3n) is 2.38. The average molecular weight is 229 g/mol. The van der Waals surface area contributed by atoms with E-state index in [-0.39, 0.29) is 12.0 Å². The summed E-state index contributed by atoms with van der Waals surface area (Å²) in [6, 6.07) is 5.25. The van der Waals surface area contributed by atoms with Gasteiger partial charge in [0.15, 0.2) is 0 Å². The van der Waals surface area contributed by atoms with Crippen LogP contribution in [0.5, 0.6) is 0 Å². The topological polar surface area (TPSA) is 40.5 Å². The van der Waals surface area contributed by atoms with Gasteiger partial charge in [-0.15, -0.1) is 0 Å². The standard InChI is InChI=1S/C12H17ClO2/c1-12(2,3)11(15)8-4-5-9(7-14)10(13)6-8/h4-6,11,14-15H,7H2,1-3H3. The van der Waals surface area contributed by atoms with Crippen molar-refractivity contribution in [3.63, 3.8) is 0 Å². The summed E-state index contributed by atoms with van der Waals surface area (Å²) in [7, 11) is 0. The molecular formula is C12H17ClO2. The van der Waals surface area contributed by atoms with Gasteiger partial charge in [0.2, 0.25) is 0 Å². The van der Waals surface area contributed by atoms with Gasteiger partial charge in [-0.1, -0.05) is 44.5 Å². The lowest BCUT2D eigenvalue weighted by Gasteiger charge is -2.26. The highest BCUT2D eigenvalue weighted by Crippen LogP contribution is 2.34. The summed E-state index contributed by atoms with van der Waals surface area (Å²) in [6.45, 7) is 5.81. The van der Waals surface area contributed by atoms with Crippen molar-refractivity contribution in [1.29, 1.82) is 0 Å². The minimum absolute atomic E-state index is 0.0786. The molecule has 2 N–H and O–H groups in total. The van der Waals surface area contributed by atoms with Crippen LogP contribution < -0.4 is 0 Å². The van der Waals surface area contributed by atoms with Crippen LogP contribution in [0.3, 0.4) is 0 Å². The summed E-state index contributed by atoms with van der Waals surface area (Å²) >= 11 is 5.95. The highest BCUT2D eigenvalue weighted by molar-refractivity contribution is 6.31. The zero-order chi connectivity index (χ0) is 11.6. The Morgan fingerprint density at radius 3 is 2.33 bits per heavy atom. The van der Waals surface area contributed by atoms with Crippen LogP contribution in [-0.4, -0.2) is 10.2 Å². The smallest absolute Gasteiger partial charge is 0.0838 e. The molecule has 3 heteroatoms. The molecule has 1 unspecified atom stereocenters. The van der Waals surface area contributed by atoms with Gasteiger partial charge in [0.05, 0.1) is 12.7 Å². The summed E-state index contributed by atoms with van der Waals surface area (Å²) < 4.78 is 0. The fourth-order valence-electron chi connectivity index (χ4n) is 1.36. The van der Waals surface area contributed by atoms with Crippen molar-refractivity contribution in [2.45, 2.75) is 33.5 Å². The van der Waals surface area contributed by atoms with Gasteiger partial charge in [-0.2, -0.15) is 0 Å². The number of hydrogen-bond acceptors (Lipinski definition) is 2. The summed E-state index contributed by atoms with van der Waals surface area (Å²) in [5, 5.41) is 19.5. The lowest BCUT2D eigenvalue weighted by Crippen LogP contribution is -2.17. The van der Waals surface area contributed by atoms with Crippen molar-refractivity contribution in [2.75, 3.05) is 0 Å². The Morgan fingerprint density at radius 1 is 1.33 bits per heavy atom. The van der Waals surface area contributed by atoms with Gasteiger partial charge in [0, 0.05) is 5.02 Å². The van der Waals surface area contributed by atoms with E-state index in [0.717, 1.165) is 5.56 Å². The van der Waals surface area contributed by atoms with E-state index in [4.69, 9.17) is 16.7 Å². The molecule has 0 amide bonds. The van der Waals surface area contributed by atoms with Gasteiger partial charge >= 0.3 is 0 Å². The van der Waals surface area contributed by atoms with E-state index in [1.54, 1.807) is 18.2 Å². The predicted octanol–water partition coefficient (Wildman–Crippen LogP) is 2.91. The molecule has 0 radical (unpaired) electrons. The van der Waals surface area contributed by atoms with Crippen molar-refractivity contribution in [3.05, 3.63) is 34.3 Å². The molecule has 0 aliphatic carbocycles. The molecule has 0 fully saturated rings. The van der Waals surface area contributed by atoms with Crippen molar-refractivity contribution in [1.82, 2.24) is 0 Å². The Bertz CT molecular complexity index is 342. The number of benzene rings is 1. The van der Waals surface area contributed by atoms with Crippen molar-refractivity contribution >= 4 is 11.6 Å². The number of halogens is 1. The molecular weight excluding hydrogens is 212 g/mol. The first kappa shape index (κ1) is 12.5. The van der Waals surface area contributed by atoms with E-state index in [1.165, 1.54) is 0 Å². The van der Waals surface area contributed by atoms with Crippen LogP contribution in [0.25, 0.3) is 0 Å². The lowest BCUT2D eigenvalue weighted by molar-refractivity contribution is 0.0626. The predicted molar refractivity (Wildman–Crippen MR) is 61.8 cm³/mol. The second-order valence-corrected chi connectivity index (χ2v) is 5.18. The first-order valence-corrected chi connectivity index (χ1v) is 5.31. The summed E-state index contributed by atoms with van der Waals surface area (Å²) in [5.41, 5.74) is 1.25. The van der Waals surface area contributed by atoms with Crippen molar-refractivity contribution < 1.29 is 10.2 Å². The molecule has 0 saturated heterocycles. The second kappa shape index (κ2) is 4.52. The molecule has 1 aromatic carbocycles. The van der Waals surface area contributed by atoms with Crippen LogP contribution >= 0.6 is 11.6 Å². The van der Waals surface area contributed by atoms with Gasteiger partial charge in [-0.25, -0.2) is 0 Å². The number of aliphatic hydroxyl groups excluding tert-OH is 2. The normalized spacial score (nSPS) is 14.0. The number of aliphatic hydroxyl groups is 2. The van der Waals surface area contributed by atoms with E-state index < -0.39 is 6.10 Å². The fraction of sp³-hybridized carbons (Fsp3) is 0.500. The molecule has 0 heterocycles. The molecule has 1 rings (SSSR count). The van der Waals surface area contributed by atoms with Gasteiger partial charge in [-0.05, 0) is 22.6 Å². The Hall–Kier alpha value is -0.570. The first-order chi connectivity index (χ1) is 6.86. The largest absolute Gasteiger partial charge is 0.392 e. The third-order valence-corrected chi connectivity index (χ3v) is 2.74. The Labute approximate surface area is 95.5 Å². The molecule has 1 aromatic rings. The van der Waals surface area contributed by atoms with E-state index in [0.29, 0.717) is 10.6 Å². The van der Waals surface area contributed by atoms with E-state index in [1.807, 2.05) is 20.8 Å². The highest BCUT2D eigenvalue weighted by Gasteiger charge is 2.24. The summed E-state index contributed by atoms with van der Waals surface area (Å²) in [5.74, 6) is 0. The van der Waals surface area contributed by atoms with Gasteiger partial charge in [0.1, 0.15) is 0 Å². The second-order valence-electron chi connectivity index (χ2n) is 4.78. The molecule has 1 atom stereocenters. The molecule has 0 saturated carbocycles. The SMILES string of the molecule is CC(C)(C)C(O)c1ccc(CO)c(Cl)c1. The van der Waals surface area contributed by atoms with Crippen molar-refractivity contribution in [3.8, 4) is 0 Å². The van der Waals surface area contributed by atoms with E-state index >= 15 is 0 Å². The maximum Gasteiger partial charge on any atom is 0.0838 e. The molecule has 2 nitrogen and oxygen atoms in total. The Balaban J connectivity index is 3.02. The van der Waals surface area contributed by atoms with Crippen LogP contribution in [0, 0.1) is 5.41 Å². The van der Waals surface area contributed by atoms with E-state index in [9.17, 15) is 5.11 Å². The monoisotopic (exact) mass is 228 g/mol. The molecule has 0 bridgehead atoms. The average Bonchev–Trinajstić information content (AvgIpc) is 2.15. The van der Waals surface area contributed by atoms with Crippen LogP contribution in [-0.2, 0) is 6.61 Å². The molecule has 0 aliphatic heterocycles. The van der Waals surface area contributed by atoms with Crippen LogP contribution in [0.4, 0.5) is 0 Å². The Kier molecular flexibility index (Phi) is 3.77. The van der Waals surface area contributed by atoms with Gasteiger partial charge < -0.3 is 10.2 Å². The maximum atomic E-state index is 10.0. The molecule has 0 aliphatic rings.